The fourth-order valence-corrected chi connectivity index (χ4v) is 3.72. The fourth-order valence-electron chi connectivity index (χ4n) is 1.95. The van der Waals surface area contributed by atoms with Crippen molar-refractivity contribution in [3.05, 3.63) is 0 Å². The summed E-state index contributed by atoms with van der Waals surface area (Å²) in [6.07, 6.45) is 5.92. The van der Waals surface area contributed by atoms with Crippen LogP contribution in [-0.4, -0.2) is 32.5 Å². The summed E-state index contributed by atoms with van der Waals surface area (Å²) in [7, 11) is 0. The van der Waals surface area contributed by atoms with E-state index < -0.39 is 32.5 Å². The molecular formula is C16H30O5Sn. The van der Waals surface area contributed by atoms with Gasteiger partial charge in [0, 0.05) is 0 Å². The van der Waals surface area contributed by atoms with E-state index in [4.69, 9.17) is 6.15 Å². The summed E-state index contributed by atoms with van der Waals surface area (Å²) in [5, 5.41) is 0. The molecule has 0 bridgehead atoms. The monoisotopic (exact) mass is 422 g/mol. The van der Waals surface area contributed by atoms with Crippen molar-refractivity contribution in [2.24, 2.45) is 11.8 Å². The molecule has 22 heavy (non-hydrogen) atoms. The second-order valence-corrected chi connectivity index (χ2v) is 9.07. The van der Waals surface area contributed by atoms with Crippen LogP contribution in [0.25, 0.3) is 0 Å². The zero-order valence-electron chi connectivity index (χ0n) is 14.4. The molecule has 0 amide bonds. The number of hydrogen-bond donors (Lipinski definition) is 0. The molecule has 0 aromatic rings. The maximum atomic E-state index is 11.5. The molecule has 0 fully saturated rings. The Balaban J connectivity index is 3.69. The second kappa shape index (κ2) is 13.0. The first-order valence-corrected chi connectivity index (χ1v) is 11.8. The van der Waals surface area contributed by atoms with Gasteiger partial charge in [0.15, 0.2) is 0 Å². The molecule has 0 N–H and O–H groups in total. The van der Waals surface area contributed by atoms with Crippen LogP contribution < -0.4 is 0 Å². The summed E-state index contributed by atoms with van der Waals surface area (Å²) in [5.41, 5.74) is 0. The van der Waals surface area contributed by atoms with Crippen molar-refractivity contribution in [2.75, 3.05) is 0 Å². The van der Waals surface area contributed by atoms with E-state index in [-0.39, 0.29) is 12.8 Å². The van der Waals surface area contributed by atoms with Gasteiger partial charge in [-0.3, -0.25) is 0 Å². The third-order valence-corrected chi connectivity index (χ3v) is 5.47. The molecule has 0 aromatic heterocycles. The van der Waals surface area contributed by atoms with E-state index >= 15 is 0 Å². The topological polar surface area (TPSA) is 69.7 Å². The van der Waals surface area contributed by atoms with Crippen LogP contribution in [0.2, 0.25) is 0 Å². The van der Waals surface area contributed by atoms with E-state index in [0.29, 0.717) is 11.8 Å². The van der Waals surface area contributed by atoms with E-state index in [2.05, 4.69) is 27.7 Å². The molecule has 0 radical (unpaired) electrons. The Labute approximate surface area is 142 Å². The van der Waals surface area contributed by atoms with Gasteiger partial charge in [0.2, 0.25) is 0 Å². The number of carbonyl (C=O) groups excluding carboxylic acids is 2. The molecule has 0 rings (SSSR count). The maximum absolute atomic E-state index is 11.5. The summed E-state index contributed by atoms with van der Waals surface area (Å²) in [4.78, 5) is 22.9. The molecule has 128 valence electrons. The Morgan fingerprint density at radius 1 is 0.773 bits per heavy atom. The Hall–Kier alpha value is -0.461. The van der Waals surface area contributed by atoms with Crippen molar-refractivity contribution in [2.45, 2.75) is 79.1 Å². The zero-order chi connectivity index (χ0) is 17.0. The first-order valence-electron chi connectivity index (χ1n) is 8.26. The third kappa shape index (κ3) is 14.5. The van der Waals surface area contributed by atoms with E-state index in [1.54, 1.807) is 0 Å². The first kappa shape index (κ1) is 21.5. The zero-order valence-corrected chi connectivity index (χ0v) is 17.2. The normalized spacial score (nSPS) is 10.8. The second-order valence-electron chi connectivity index (χ2n) is 6.48. The number of rotatable bonds is 12. The quantitative estimate of drug-likeness (QED) is 0.353. The molecule has 0 heterocycles. The molecular weight excluding hydrogens is 391 g/mol. The van der Waals surface area contributed by atoms with E-state index in [0.717, 1.165) is 38.5 Å². The van der Waals surface area contributed by atoms with E-state index in [1.807, 2.05) is 0 Å². The Morgan fingerprint density at radius 3 is 1.45 bits per heavy atom. The van der Waals surface area contributed by atoms with Crippen molar-refractivity contribution >= 4 is 32.5 Å². The third-order valence-electron chi connectivity index (χ3n) is 3.22. The van der Waals surface area contributed by atoms with Gasteiger partial charge in [-0.25, -0.2) is 0 Å². The molecule has 0 saturated heterocycles. The predicted octanol–water partition coefficient (Wildman–Crippen LogP) is 3.92. The van der Waals surface area contributed by atoms with Crippen LogP contribution in [0.3, 0.4) is 0 Å². The molecule has 0 aliphatic rings. The standard InChI is InChI=1S/2C8H16O2.O.Sn/c2*1-7(2)5-3-4-6-8(9)10;;/h2*7H,3-6H2,1-2H3,(H,9,10);;/q;;;+2/p-2. The van der Waals surface area contributed by atoms with E-state index in [1.165, 1.54) is 0 Å². The van der Waals surface area contributed by atoms with Crippen LogP contribution in [0.5, 0.6) is 0 Å². The Morgan fingerprint density at radius 2 is 1.14 bits per heavy atom. The fraction of sp³-hybridized carbons (Fsp3) is 0.875. The Kier molecular flexibility index (Phi) is 12.7. The van der Waals surface area contributed by atoms with Gasteiger partial charge in [-0.2, -0.15) is 0 Å². The molecule has 0 aromatic carbocycles. The number of hydrogen-bond acceptors (Lipinski definition) is 5. The minimum absolute atomic E-state index is 0.241. The van der Waals surface area contributed by atoms with Gasteiger partial charge in [0.05, 0.1) is 0 Å². The average Bonchev–Trinajstić information content (AvgIpc) is 2.39. The van der Waals surface area contributed by atoms with Gasteiger partial charge in [-0.1, -0.05) is 0 Å². The van der Waals surface area contributed by atoms with Crippen molar-refractivity contribution in [3.8, 4) is 0 Å². The molecule has 5 nitrogen and oxygen atoms in total. The van der Waals surface area contributed by atoms with Crippen LogP contribution in [0.15, 0.2) is 0 Å². The summed E-state index contributed by atoms with van der Waals surface area (Å²) < 4.78 is 21.0. The van der Waals surface area contributed by atoms with Crippen LogP contribution >= 0.6 is 0 Å². The molecule has 0 spiro atoms. The molecule has 0 aliphatic heterocycles. The minimum atomic E-state index is -3.98. The van der Waals surface area contributed by atoms with Gasteiger partial charge >= 0.3 is 142 Å². The molecule has 0 aliphatic carbocycles. The van der Waals surface area contributed by atoms with Crippen LogP contribution in [0.4, 0.5) is 0 Å². The van der Waals surface area contributed by atoms with E-state index in [9.17, 15) is 12.7 Å². The van der Waals surface area contributed by atoms with Crippen molar-refractivity contribution in [3.63, 3.8) is 0 Å². The summed E-state index contributed by atoms with van der Waals surface area (Å²) in [6, 6.07) is 0. The van der Waals surface area contributed by atoms with Crippen molar-refractivity contribution < 1.29 is 18.8 Å². The van der Waals surface area contributed by atoms with Gasteiger partial charge in [0.1, 0.15) is 0 Å². The van der Waals surface area contributed by atoms with Gasteiger partial charge in [0.25, 0.3) is 0 Å². The SMILES string of the molecule is CC(C)CCCCC(=O)[O][Sn](=[O])[O]C(=O)CCCCC(C)C. The van der Waals surface area contributed by atoms with Crippen LogP contribution in [-0.2, 0) is 18.8 Å². The molecule has 0 atom stereocenters. The summed E-state index contributed by atoms with van der Waals surface area (Å²) >= 11 is -3.98. The Bertz CT molecular complexity index is 320. The van der Waals surface area contributed by atoms with Gasteiger partial charge in [-0.15, -0.1) is 0 Å². The van der Waals surface area contributed by atoms with Crippen molar-refractivity contribution in [1.82, 2.24) is 0 Å². The number of unbranched alkanes of at least 4 members (excludes halogenated alkanes) is 2. The van der Waals surface area contributed by atoms with Gasteiger partial charge in [-0.05, 0) is 0 Å². The van der Waals surface area contributed by atoms with Crippen LogP contribution in [0, 0.1) is 11.8 Å². The molecule has 0 unspecified atom stereocenters. The van der Waals surface area contributed by atoms with Crippen molar-refractivity contribution in [1.29, 1.82) is 0 Å². The van der Waals surface area contributed by atoms with Gasteiger partial charge < -0.3 is 0 Å². The predicted molar refractivity (Wildman–Crippen MR) is 85.2 cm³/mol. The summed E-state index contributed by atoms with van der Waals surface area (Å²) in [6.45, 7) is 8.51. The first-order chi connectivity index (χ1) is 10.3. The summed E-state index contributed by atoms with van der Waals surface area (Å²) in [5.74, 6) is 0.193. The van der Waals surface area contributed by atoms with Crippen LogP contribution in [0.1, 0.15) is 79.1 Å². The number of carbonyl (C=O) groups is 2. The average molecular weight is 421 g/mol. The molecule has 0 saturated carbocycles. The molecule has 6 heteroatoms.